The lowest BCUT2D eigenvalue weighted by Crippen LogP contribution is -2.28. The van der Waals surface area contributed by atoms with Gasteiger partial charge < -0.3 is 5.32 Å². The van der Waals surface area contributed by atoms with E-state index in [-0.39, 0.29) is 5.91 Å². The van der Waals surface area contributed by atoms with Crippen molar-refractivity contribution in [2.75, 3.05) is 12.4 Å². The van der Waals surface area contributed by atoms with Crippen LogP contribution < -0.4 is 5.32 Å². The van der Waals surface area contributed by atoms with E-state index in [0.29, 0.717) is 18.2 Å². The van der Waals surface area contributed by atoms with Crippen LogP contribution in [-0.2, 0) is 4.79 Å². The number of alkyl halides is 1. The SMILES string of the molecule is CCCCCCCCC(=O)NCC(C)CCCl. The van der Waals surface area contributed by atoms with Crippen LogP contribution in [0.1, 0.15) is 65.2 Å². The Morgan fingerprint density at radius 1 is 1.18 bits per heavy atom. The van der Waals surface area contributed by atoms with Gasteiger partial charge in [-0.15, -0.1) is 11.6 Å². The highest BCUT2D eigenvalue weighted by Crippen LogP contribution is 2.07. The summed E-state index contributed by atoms with van der Waals surface area (Å²) in [6.45, 7) is 5.10. The zero-order valence-corrected chi connectivity index (χ0v) is 12.2. The standard InChI is InChI=1S/C14H28ClNO/c1-3-4-5-6-7-8-9-14(17)16-12-13(2)10-11-15/h13H,3-12H2,1-2H3,(H,16,17). The minimum Gasteiger partial charge on any atom is -0.356 e. The molecule has 0 saturated heterocycles. The molecule has 0 spiro atoms. The van der Waals surface area contributed by atoms with Gasteiger partial charge in [-0.1, -0.05) is 46.0 Å². The lowest BCUT2D eigenvalue weighted by atomic mass is 10.1. The lowest BCUT2D eigenvalue weighted by Gasteiger charge is -2.10. The maximum absolute atomic E-state index is 11.5. The number of hydrogen-bond acceptors (Lipinski definition) is 1. The van der Waals surface area contributed by atoms with Crippen LogP contribution in [0.4, 0.5) is 0 Å². The van der Waals surface area contributed by atoms with Gasteiger partial charge in [-0.2, -0.15) is 0 Å². The second-order valence-corrected chi connectivity index (χ2v) is 5.28. The van der Waals surface area contributed by atoms with Crippen molar-refractivity contribution in [2.45, 2.75) is 65.2 Å². The van der Waals surface area contributed by atoms with Crippen LogP contribution in [0.15, 0.2) is 0 Å². The fraction of sp³-hybridized carbons (Fsp3) is 0.929. The topological polar surface area (TPSA) is 29.1 Å². The molecular weight excluding hydrogens is 234 g/mol. The maximum Gasteiger partial charge on any atom is 0.220 e. The van der Waals surface area contributed by atoms with Crippen LogP contribution in [0.2, 0.25) is 0 Å². The second kappa shape index (κ2) is 12.2. The smallest absolute Gasteiger partial charge is 0.220 e. The summed E-state index contributed by atoms with van der Waals surface area (Å²) < 4.78 is 0. The van der Waals surface area contributed by atoms with E-state index in [0.717, 1.165) is 19.4 Å². The Morgan fingerprint density at radius 3 is 2.47 bits per heavy atom. The van der Waals surface area contributed by atoms with Gasteiger partial charge in [0, 0.05) is 18.8 Å². The van der Waals surface area contributed by atoms with E-state index in [1.165, 1.54) is 32.1 Å². The number of unbranched alkanes of at least 4 members (excludes halogenated alkanes) is 5. The van der Waals surface area contributed by atoms with Crippen molar-refractivity contribution in [1.29, 1.82) is 0 Å². The molecule has 0 radical (unpaired) electrons. The van der Waals surface area contributed by atoms with Gasteiger partial charge in [0.25, 0.3) is 0 Å². The van der Waals surface area contributed by atoms with Crippen LogP contribution in [0.3, 0.4) is 0 Å². The van der Waals surface area contributed by atoms with E-state index in [9.17, 15) is 4.79 Å². The van der Waals surface area contributed by atoms with Gasteiger partial charge in [-0.05, 0) is 18.8 Å². The molecule has 0 saturated carbocycles. The molecule has 0 aromatic heterocycles. The first-order valence-corrected chi connectivity index (χ1v) is 7.56. The summed E-state index contributed by atoms with van der Waals surface area (Å²) in [5.41, 5.74) is 0. The third kappa shape index (κ3) is 12.0. The van der Waals surface area contributed by atoms with Crippen molar-refractivity contribution in [3.8, 4) is 0 Å². The number of carbonyl (C=O) groups is 1. The van der Waals surface area contributed by atoms with E-state index < -0.39 is 0 Å². The Labute approximate surface area is 111 Å². The average Bonchev–Trinajstić information content (AvgIpc) is 2.31. The lowest BCUT2D eigenvalue weighted by molar-refractivity contribution is -0.121. The van der Waals surface area contributed by atoms with Crippen LogP contribution in [0.5, 0.6) is 0 Å². The minimum atomic E-state index is 0.196. The van der Waals surface area contributed by atoms with E-state index in [1.807, 2.05) is 0 Å². The van der Waals surface area contributed by atoms with E-state index in [4.69, 9.17) is 11.6 Å². The Balaban J connectivity index is 3.28. The van der Waals surface area contributed by atoms with Gasteiger partial charge in [-0.3, -0.25) is 4.79 Å². The predicted octanol–water partition coefficient (Wildman–Crippen LogP) is 4.12. The van der Waals surface area contributed by atoms with Crippen LogP contribution in [0.25, 0.3) is 0 Å². The molecule has 102 valence electrons. The highest BCUT2D eigenvalue weighted by molar-refractivity contribution is 6.17. The predicted molar refractivity (Wildman–Crippen MR) is 75.5 cm³/mol. The van der Waals surface area contributed by atoms with Crippen LogP contribution in [0, 0.1) is 5.92 Å². The molecule has 2 nitrogen and oxygen atoms in total. The van der Waals surface area contributed by atoms with Crippen molar-refractivity contribution >= 4 is 17.5 Å². The molecule has 0 aliphatic carbocycles. The molecule has 3 heteroatoms. The molecular formula is C14H28ClNO. The zero-order valence-electron chi connectivity index (χ0n) is 11.4. The minimum absolute atomic E-state index is 0.196. The van der Waals surface area contributed by atoms with Gasteiger partial charge in [0.05, 0.1) is 0 Å². The molecule has 0 bridgehead atoms. The molecule has 17 heavy (non-hydrogen) atoms. The molecule has 1 amide bonds. The highest BCUT2D eigenvalue weighted by atomic mass is 35.5. The molecule has 0 aromatic carbocycles. The van der Waals surface area contributed by atoms with Gasteiger partial charge in [0.1, 0.15) is 0 Å². The largest absolute Gasteiger partial charge is 0.356 e. The molecule has 1 unspecified atom stereocenters. The molecule has 0 fully saturated rings. The average molecular weight is 262 g/mol. The Morgan fingerprint density at radius 2 is 1.82 bits per heavy atom. The summed E-state index contributed by atoms with van der Waals surface area (Å²) in [7, 11) is 0. The Kier molecular flexibility index (Phi) is 12.1. The van der Waals surface area contributed by atoms with Gasteiger partial charge in [0.2, 0.25) is 5.91 Å². The van der Waals surface area contributed by atoms with Gasteiger partial charge in [-0.25, -0.2) is 0 Å². The number of rotatable bonds is 11. The van der Waals surface area contributed by atoms with Crippen LogP contribution >= 0.6 is 11.6 Å². The quantitative estimate of drug-likeness (QED) is 0.440. The van der Waals surface area contributed by atoms with Crippen LogP contribution in [-0.4, -0.2) is 18.3 Å². The number of amides is 1. The number of carbonyl (C=O) groups excluding carboxylic acids is 1. The molecule has 1 atom stereocenters. The summed E-state index contributed by atoms with van der Waals surface area (Å²) in [5, 5.41) is 2.97. The number of hydrogen-bond donors (Lipinski definition) is 1. The van der Waals surface area contributed by atoms with Crippen molar-refractivity contribution in [2.24, 2.45) is 5.92 Å². The molecule has 0 rings (SSSR count). The Hall–Kier alpha value is -0.240. The van der Waals surface area contributed by atoms with E-state index >= 15 is 0 Å². The first kappa shape index (κ1) is 16.8. The summed E-state index contributed by atoms with van der Waals surface area (Å²) in [4.78, 5) is 11.5. The normalized spacial score (nSPS) is 12.4. The maximum atomic E-state index is 11.5. The van der Waals surface area contributed by atoms with Crippen molar-refractivity contribution in [3.63, 3.8) is 0 Å². The van der Waals surface area contributed by atoms with Crippen molar-refractivity contribution in [3.05, 3.63) is 0 Å². The fourth-order valence-corrected chi connectivity index (χ4v) is 2.10. The summed E-state index contributed by atoms with van der Waals surface area (Å²) in [6, 6.07) is 0. The monoisotopic (exact) mass is 261 g/mol. The van der Waals surface area contributed by atoms with Crippen molar-refractivity contribution < 1.29 is 4.79 Å². The third-order valence-corrected chi connectivity index (χ3v) is 3.23. The molecule has 1 N–H and O–H groups in total. The Bertz CT molecular complexity index is 185. The molecule has 0 aliphatic heterocycles. The van der Waals surface area contributed by atoms with Gasteiger partial charge >= 0.3 is 0 Å². The van der Waals surface area contributed by atoms with E-state index in [1.54, 1.807) is 0 Å². The first-order valence-electron chi connectivity index (χ1n) is 7.03. The summed E-state index contributed by atoms with van der Waals surface area (Å²) in [6.07, 6.45) is 9.04. The van der Waals surface area contributed by atoms with Gasteiger partial charge in [0.15, 0.2) is 0 Å². The van der Waals surface area contributed by atoms with E-state index in [2.05, 4.69) is 19.2 Å². The fourth-order valence-electron chi connectivity index (χ4n) is 1.73. The van der Waals surface area contributed by atoms with Crippen molar-refractivity contribution in [1.82, 2.24) is 5.32 Å². The first-order chi connectivity index (χ1) is 8.20. The summed E-state index contributed by atoms with van der Waals surface area (Å²) >= 11 is 5.64. The highest BCUT2D eigenvalue weighted by Gasteiger charge is 2.04. The molecule has 0 heterocycles. The number of nitrogens with one attached hydrogen (secondary N) is 1. The number of halogens is 1. The molecule has 0 aromatic rings. The zero-order chi connectivity index (χ0) is 12.9. The third-order valence-electron chi connectivity index (χ3n) is 3.01. The second-order valence-electron chi connectivity index (χ2n) is 4.90. The molecule has 0 aliphatic rings. The summed E-state index contributed by atoms with van der Waals surface area (Å²) in [5.74, 6) is 1.36.